The van der Waals surface area contributed by atoms with Gasteiger partial charge in [0.25, 0.3) is 5.91 Å². The third-order valence-corrected chi connectivity index (χ3v) is 3.67. The number of hydrogen-bond donors (Lipinski definition) is 1. The quantitative estimate of drug-likeness (QED) is 0.747. The molecule has 3 aromatic rings. The normalized spacial score (nSPS) is 11.1. The molecule has 144 valence electrons. The molecule has 1 N–H and O–H groups in total. The summed E-state index contributed by atoms with van der Waals surface area (Å²) in [5.74, 6) is 0.0193. The van der Waals surface area contributed by atoms with Crippen LogP contribution in [0.15, 0.2) is 36.4 Å². The molecule has 3 rings (SSSR count). The highest BCUT2D eigenvalue weighted by molar-refractivity contribution is 5.93. The lowest BCUT2D eigenvalue weighted by molar-refractivity contribution is -0.142. The number of rotatable bonds is 4. The number of amides is 1. The van der Waals surface area contributed by atoms with Crippen molar-refractivity contribution in [3.05, 3.63) is 47.8 Å². The van der Waals surface area contributed by atoms with E-state index in [9.17, 15) is 18.0 Å². The van der Waals surface area contributed by atoms with Gasteiger partial charge in [0.1, 0.15) is 5.75 Å². The molecular formula is C18H19F3N4O2. The number of alkyl halides is 3. The Kier molecular flexibility index (Phi) is 5.72. The molecular weight excluding hydrogens is 361 g/mol. The van der Waals surface area contributed by atoms with Crippen LogP contribution < -0.4 is 10.1 Å². The van der Waals surface area contributed by atoms with E-state index in [1.165, 1.54) is 13.2 Å². The molecule has 0 aliphatic heterocycles. The SMILES string of the molecule is C.CCNC(=O)c1cc2nc(-c3ccc(OC)cc3)cc(C(F)(F)F)n2n1. The molecule has 9 heteroatoms. The molecule has 6 nitrogen and oxygen atoms in total. The van der Waals surface area contributed by atoms with Crippen LogP contribution in [0.1, 0.15) is 30.5 Å². The van der Waals surface area contributed by atoms with Crippen LogP contribution in [0.4, 0.5) is 13.2 Å². The number of benzene rings is 1. The summed E-state index contributed by atoms with van der Waals surface area (Å²) in [4.78, 5) is 16.1. The Balaban J connectivity index is 0.00000261. The minimum absolute atomic E-state index is 0. The number of nitrogens with zero attached hydrogens (tertiary/aromatic N) is 3. The zero-order valence-corrected chi connectivity index (χ0v) is 14.0. The van der Waals surface area contributed by atoms with Gasteiger partial charge >= 0.3 is 6.18 Å². The summed E-state index contributed by atoms with van der Waals surface area (Å²) in [6.07, 6.45) is -4.66. The summed E-state index contributed by atoms with van der Waals surface area (Å²) >= 11 is 0. The van der Waals surface area contributed by atoms with Gasteiger partial charge in [0.15, 0.2) is 17.0 Å². The fourth-order valence-corrected chi connectivity index (χ4v) is 2.45. The van der Waals surface area contributed by atoms with Crippen molar-refractivity contribution in [2.45, 2.75) is 20.5 Å². The number of halogens is 3. The van der Waals surface area contributed by atoms with Crippen molar-refractivity contribution in [1.29, 1.82) is 0 Å². The average Bonchev–Trinajstić information content (AvgIpc) is 3.04. The fraction of sp³-hybridized carbons (Fsp3) is 0.278. The van der Waals surface area contributed by atoms with E-state index >= 15 is 0 Å². The van der Waals surface area contributed by atoms with E-state index in [2.05, 4.69) is 15.4 Å². The largest absolute Gasteiger partial charge is 0.497 e. The highest BCUT2D eigenvalue weighted by Crippen LogP contribution is 2.32. The maximum atomic E-state index is 13.5. The number of fused-ring (bicyclic) bond motifs is 1. The molecule has 0 radical (unpaired) electrons. The maximum Gasteiger partial charge on any atom is 0.433 e. The standard InChI is InChI=1S/C17H15F3N4O2.CH4/c1-3-21-16(25)13-9-15-22-12(10-4-6-11(26-2)7-5-10)8-14(17(18,19)20)24(15)23-13;/h4-9H,3H2,1-2H3,(H,21,25);1H4. The smallest absolute Gasteiger partial charge is 0.433 e. The molecule has 0 spiro atoms. The number of hydrogen-bond acceptors (Lipinski definition) is 4. The third-order valence-electron chi connectivity index (χ3n) is 3.67. The van der Waals surface area contributed by atoms with Crippen molar-refractivity contribution in [3.63, 3.8) is 0 Å². The van der Waals surface area contributed by atoms with Crippen molar-refractivity contribution in [2.24, 2.45) is 0 Å². The Hall–Kier alpha value is -3.10. The first kappa shape index (κ1) is 20.2. The molecule has 0 unspecified atom stereocenters. The van der Waals surface area contributed by atoms with Gasteiger partial charge in [-0.05, 0) is 37.3 Å². The summed E-state index contributed by atoms with van der Waals surface area (Å²) in [5.41, 5.74) is -0.595. The Bertz CT molecular complexity index is 950. The molecule has 2 heterocycles. The number of methoxy groups -OCH3 is 1. The molecule has 0 bridgehead atoms. The lowest BCUT2D eigenvalue weighted by atomic mass is 10.1. The molecule has 2 aromatic heterocycles. The number of ether oxygens (including phenoxy) is 1. The highest BCUT2D eigenvalue weighted by Gasteiger charge is 2.35. The lowest BCUT2D eigenvalue weighted by Gasteiger charge is -2.11. The maximum absolute atomic E-state index is 13.5. The van der Waals surface area contributed by atoms with Gasteiger partial charge in [0.2, 0.25) is 0 Å². The summed E-state index contributed by atoms with van der Waals surface area (Å²) in [5, 5.41) is 6.26. The topological polar surface area (TPSA) is 68.5 Å². The second-order valence-corrected chi connectivity index (χ2v) is 5.41. The molecule has 0 fully saturated rings. The minimum Gasteiger partial charge on any atom is -0.497 e. The number of carbonyl (C=O) groups excluding carboxylic acids is 1. The van der Waals surface area contributed by atoms with Crippen LogP contribution in [0, 0.1) is 0 Å². The molecule has 0 saturated heterocycles. The molecule has 0 saturated carbocycles. The molecule has 0 aliphatic carbocycles. The van der Waals surface area contributed by atoms with Gasteiger partial charge in [0.05, 0.1) is 12.8 Å². The highest BCUT2D eigenvalue weighted by atomic mass is 19.4. The molecule has 1 aromatic carbocycles. The van der Waals surface area contributed by atoms with Gasteiger partial charge in [-0.15, -0.1) is 0 Å². The van der Waals surface area contributed by atoms with Crippen LogP contribution in [0.5, 0.6) is 5.75 Å². The minimum atomic E-state index is -4.66. The van der Waals surface area contributed by atoms with Gasteiger partial charge in [0, 0.05) is 18.2 Å². The van der Waals surface area contributed by atoms with Gasteiger partial charge in [-0.3, -0.25) is 4.79 Å². The van der Waals surface area contributed by atoms with Crippen LogP contribution in [0.2, 0.25) is 0 Å². The monoisotopic (exact) mass is 380 g/mol. The van der Waals surface area contributed by atoms with E-state index in [0.29, 0.717) is 22.4 Å². The Morgan fingerprint density at radius 1 is 1.22 bits per heavy atom. The van der Waals surface area contributed by atoms with Crippen LogP contribution in [-0.2, 0) is 6.18 Å². The summed E-state index contributed by atoms with van der Waals surface area (Å²) in [7, 11) is 1.50. The first-order valence-electron chi connectivity index (χ1n) is 7.74. The van der Waals surface area contributed by atoms with E-state index in [1.807, 2.05) is 0 Å². The summed E-state index contributed by atoms with van der Waals surface area (Å²) in [6.45, 7) is 2.04. The Morgan fingerprint density at radius 2 is 1.89 bits per heavy atom. The zero-order chi connectivity index (χ0) is 18.9. The van der Waals surface area contributed by atoms with Crippen molar-refractivity contribution in [1.82, 2.24) is 19.9 Å². The van der Waals surface area contributed by atoms with Gasteiger partial charge in [-0.25, -0.2) is 9.50 Å². The summed E-state index contributed by atoms with van der Waals surface area (Å²) in [6, 6.07) is 8.62. The van der Waals surface area contributed by atoms with Crippen molar-refractivity contribution >= 4 is 11.6 Å². The predicted molar refractivity (Wildman–Crippen MR) is 94.7 cm³/mol. The predicted octanol–water partition coefficient (Wildman–Crippen LogP) is 3.81. The van der Waals surface area contributed by atoms with E-state index < -0.39 is 17.8 Å². The number of carbonyl (C=O) groups is 1. The van der Waals surface area contributed by atoms with Crippen LogP contribution in [-0.4, -0.2) is 34.2 Å². The van der Waals surface area contributed by atoms with Gasteiger partial charge in [-0.1, -0.05) is 7.43 Å². The van der Waals surface area contributed by atoms with E-state index in [0.717, 1.165) is 6.07 Å². The van der Waals surface area contributed by atoms with Crippen molar-refractivity contribution in [3.8, 4) is 17.0 Å². The van der Waals surface area contributed by atoms with E-state index in [1.54, 1.807) is 31.2 Å². The molecule has 0 atom stereocenters. The van der Waals surface area contributed by atoms with Crippen LogP contribution in [0.3, 0.4) is 0 Å². The second kappa shape index (κ2) is 7.65. The summed E-state index contributed by atoms with van der Waals surface area (Å²) < 4.78 is 46.1. The van der Waals surface area contributed by atoms with Crippen molar-refractivity contribution < 1.29 is 22.7 Å². The third kappa shape index (κ3) is 4.02. The molecule has 0 aliphatic rings. The van der Waals surface area contributed by atoms with E-state index in [4.69, 9.17) is 4.74 Å². The molecule has 27 heavy (non-hydrogen) atoms. The zero-order valence-electron chi connectivity index (χ0n) is 14.0. The van der Waals surface area contributed by atoms with Gasteiger partial charge in [-0.2, -0.15) is 18.3 Å². The van der Waals surface area contributed by atoms with Crippen molar-refractivity contribution in [2.75, 3.05) is 13.7 Å². The molecule has 1 amide bonds. The Labute approximate surface area is 154 Å². The van der Waals surface area contributed by atoms with E-state index in [-0.39, 0.29) is 24.5 Å². The number of nitrogens with one attached hydrogen (secondary N) is 1. The van der Waals surface area contributed by atoms with Crippen LogP contribution in [0.25, 0.3) is 16.9 Å². The number of aromatic nitrogens is 3. The first-order chi connectivity index (χ1) is 12.3. The van der Waals surface area contributed by atoms with Crippen LogP contribution >= 0.6 is 0 Å². The fourth-order valence-electron chi connectivity index (χ4n) is 2.45. The lowest BCUT2D eigenvalue weighted by Crippen LogP contribution is -2.23. The Morgan fingerprint density at radius 3 is 2.44 bits per heavy atom. The average molecular weight is 380 g/mol. The van der Waals surface area contributed by atoms with Gasteiger partial charge < -0.3 is 10.1 Å². The second-order valence-electron chi connectivity index (χ2n) is 5.41. The first-order valence-corrected chi connectivity index (χ1v) is 7.74.